The zero-order valence-corrected chi connectivity index (χ0v) is 14.2. The number of rotatable bonds is 11. The lowest BCUT2D eigenvalue weighted by molar-refractivity contribution is -0.0740. The van der Waals surface area contributed by atoms with Crippen LogP contribution in [0.3, 0.4) is 0 Å². The van der Waals surface area contributed by atoms with Gasteiger partial charge in [-0.2, -0.15) is 25.3 Å². The van der Waals surface area contributed by atoms with Crippen molar-refractivity contribution in [3.63, 3.8) is 0 Å². The maximum Gasteiger partial charge on any atom is 0.0648 e. The van der Waals surface area contributed by atoms with Crippen LogP contribution in [-0.2, 0) is 9.47 Å². The second kappa shape index (κ2) is 9.51. The summed E-state index contributed by atoms with van der Waals surface area (Å²) in [7, 11) is 0. The zero-order chi connectivity index (χ0) is 14.1. The van der Waals surface area contributed by atoms with E-state index in [-0.39, 0.29) is 11.2 Å². The first-order valence-corrected chi connectivity index (χ1v) is 8.09. The standard InChI is InChI=1S/C14H30O2S2/c1-13(2,7-5-11-17)16-10-8-14(3,4)15-9-6-12-18/h17-18H,5-12H2,1-4H3. The minimum absolute atomic E-state index is 0.0517. The summed E-state index contributed by atoms with van der Waals surface area (Å²) in [6, 6.07) is 0. The van der Waals surface area contributed by atoms with Gasteiger partial charge in [-0.15, -0.1) is 0 Å². The molecule has 0 rings (SSSR count). The Morgan fingerprint density at radius 1 is 0.722 bits per heavy atom. The van der Waals surface area contributed by atoms with Crippen LogP contribution < -0.4 is 0 Å². The molecule has 0 atom stereocenters. The number of hydrogen-bond donors (Lipinski definition) is 2. The molecule has 0 saturated carbocycles. The van der Waals surface area contributed by atoms with Crippen molar-refractivity contribution in [2.75, 3.05) is 24.7 Å². The van der Waals surface area contributed by atoms with Crippen molar-refractivity contribution in [2.45, 2.75) is 64.6 Å². The molecular weight excluding hydrogens is 264 g/mol. The minimum atomic E-state index is -0.109. The highest BCUT2D eigenvalue weighted by Crippen LogP contribution is 2.20. The Morgan fingerprint density at radius 3 is 1.78 bits per heavy atom. The predicted molar refractivity (Wildman–Crippen MR) is 86.2 cm³/mol. The molecular formula is C14H30O2S2. The zero-order valence-electron chi connectivity index (χ0n) is 12.4. The molecule has 0 aromatic rings. The van der Waals surface area contributed by atoms with E-state index in [1.54, 1.807) is 0 Å². The van der Waals surface area contributed by atoms with Gasteiger partial charge in [0.05, 0.1) is 17.8 Å². The van der Waals surface area contributed by atoms with E-state index >= 15 is 0 Å². The molecule has 0 aromatic carbocycles. The average molecular weight is 295 g/mol. The van der Waals surface area contributed by atoms with Crippen molar-refractivity contribution in [2.24, 2.45) is 0 Å². The van der Waals surface area contributed by atoms with Crippen LogP contribution in [0.2, 0.25) is 0 Å². The highest BCUT2D eigenvalue weighted by Gasteiger charge is 2.22. The summed E-state index contributed by atoms with van der Waals surface area (Å²) in [5, 5.41) is 0. The second-order valence-electron chi connectivity index (χ2n) is 5.87. The first-order valence-electron chi connectivity index (χ1n) is 6.83. The van der Waals surface area contributed by atoms with Gasteiger partial charge in [0.2, 0.25) is 0 Å². The molecule has 18 heavy (non-hydrogen) atoms. The topological polar surface area (TPSA) is 18.5 Å². The van der Waals surface area contributed by atoms with E-state index in [1.807, 2.05) is 0 Å². The highest BCUT2D eigenvalue weighted by atomic mass is 32.1. The second-order valence-corrected chi connectivity index (χ2v) is 6.77. The van der Waals surface area contributed by atoms with Crippen LogP contribution >= 0.6 is 25.3 Å². The van der Waals surface area contributed by atoms with E-state index < -0.39 is 0 Å². The molecule has 0 aromatic heterocycles. The van der Waals surface area contributed by atoms with Gasteiger partial charge >= 0.3 is 0 Å². The summed E-state index contributed by atoms with van der Waals surface area (Å²) in [4.78, 5) is 0. The van der Waals surface area contributed by atoms with Crippen LogP contribution in [0.15, 0.2) is 0 Å². The summed E-state index contributed by atoms with van der Waals surface area (Å²) in [6.07, 6.45) is 4.07. The van der Waals surface area contributed by atoms with Gasteiger partial charge in [-0.1, -0.05) is 0 Å². The summed E-state index contributed by atoms with van der Waals surface area (Å²) < 4.78 is 11.8. The lowest BCUT2D eigenvalue weighted by atomic mass is 10.0. The Bertz CT molecular complexity index is 206. The maximum absolute atomic E-state index is 5.94. The van der Waals surface area contributed by atoms with Gasteiger partial charge in [-0.05, 0) is 64.9 Å². The molecule has 0 radical (unpaired) electrons. The maximum atomic E-state index is 5.94. The molecule has 0 aliphatic heterocycles. The molecule has 0 amide bonds. The predicted octanol–water partition coefficient (Wildman–Crippen LogP) is 4.00. The van der Waals surface area contributed by atoms with Crippen molar-refractivity contribution in [3.8, 4) is 0 Å². The summed E-state index contributed by atoms with van der Waals surface area (Å²) in [6.45, 7) is 10.1. The van der Waals surface area contributed by atoms with Gasteiger partial charge in [-0.25, -0.2) is 0 Å². The van der Waals surface area contributed by atoms with Crippen molar-refractivity contribution in [3.05, 3.63) is 0 Å². The molecule has 0 aliphatic rings. The summed E-state index contributed by atoms with van der Waals surface area (Å²) in [5.74, 6) is 1.80. The van der Waals surface area contributed by atoms with Gasteiger partial charge in [-0.3, -0.25) is 0 Å². The number of thiol groups is 2. The number of ether oxygens (including phenoxy) is 2. The van der Waals surface area contributed by atoms with Crippen LogP contribution in [0, 0.1) is 0 Å². The fourth-order valence-corrected chi connectivity index (χ4v) is 1.92. The van der Waals surface area contributed by atoms with Crippen LogP contribution in [0.1, 0.15) is 53.4 Å². The van der Waals surface area contributed by atoms with Crippen LogP contribution in [0.4, 0.5) is 0 Å². The smallest absolute Gasteiger partial charge is 0.0648 e. The largest absolute Gasteiger partial charge is 0.375 e. The Labute approximate surface area is 124 Å². The molecule has 4 heteroatoms. The van der Waals surface area contributed by atoms with Crippen molar-refractivity contribution >= 4 is 25.3 Å². The fourth-order valence-electron chi connectivity index (χ4n) is 1.64. The van der Waals surface area contributed by atoms with E-state index in [0.717, 1.165) is 50.4 Å². The third-order valence-corrected chi connectivity index (χ3v) is 3.56. The molecule has 0 fully saturated rings. The molecule has 0 bridgehead atoms. The Kier molecular flexibility index (Phi) is 9.84. The number of hydrogen-bond acceptors (Lipinski definition) is 4. The lowest BCUT2D eigenvalue weighted by Gasteiger charge is -2.29. The monoisotopic (exact) mass is 294 g/mol. The fraction of sp³-hybridized carbons (Fsp3) is 1.00. The first-order chi connectivity index (χ1) is 8.33. The molecule has 0 N–H and O–H groups in total. The molecule has 0 aliphatic carbocycles. The van der Waals surface area contributed by atoms with E-state index in [2.05, 4.69) is 53.0 Å². The van der Waals surface area contributed by atoms with Crippen LogP contribution in [0.5, 0.6) is 0 Å². The van der Waals surface area contributed by atoms with Crippen molar-refractivity contribution < 1.29 is 9.47 Å². The molecule has 0 spiro atoms. The van der Waals surface area contributed by atoms with E-state index in [9.17, 15) is 0 Å². The Balaban J connectivity index is 3.79. The van der Waals surface area contributed by atoms with Crippen LogP contribution in [0.25, 0.3) is 0 Å². The van der Waals surface area contributed by atoms with Gasteiger partial charge in [0.1, 0.15) is 0 Å². The first kappa shape index (κ1) is 18.6. The average Bonchev–Trinajstić information content (AvgIpc) is 2.26. The molecule has 0 saturated heterocycles. The Morgan fingerprint density at radius 2 is 1.22 bits per heavy atom. The van der Waals surface area contributed by atoms with Gasteiger partial charge in [0, 0.05) is 6.61 Å². The van der Waals surface area contributed by atoms with E-state index in [0.29, 0.717) is 0 Å². The summed E-state index contributed by atoms with van der Waals surface area (Å²) in [5.41, 5.74) is -0.160. The summed E-state index contributed by atoms with van der Waals surface area (Å²) >= 11 is 8.42. The quantitative estimate of drug-likeness (QED) is 0.443. The van der Waals surface area contributed by atoms with E-state index in [4.69, 9.17) is 9.47 Å². The van der Waals surface area contributed by atoms with Gasteiger partial charge in [0.25, 0.3) is 0 Å². The van der Waals surface area contributed by atoms with Crippen LogP contribution in [-0.4, -0.2) is 35.9 Å². The van der Waals surface area contributed by atoms with Gasteiger partial charge in [0.15, 0.2) is 0 Å². The normalized spacial score (nSPS) is 13.0. The third kappa shape index (κ3) is 10.5. The third-order valence-electron chi connectivity index (χ3n) is 2.93. The lowest BCUT2D eigenvalue weighted by Crippen LogP contribution is -2.31. The molecule has 110 valence electrons. The van der Waals surface area contributed by atoms with E-state index in [1.165, 1.54) is 0 Å². The molecule has 2 nitrogen and oxygen atoms in total. The minimum Gasteiger partial charge on any atom is -0.375 e. The van der Waals surface area contributed by atoms with Gasteiger partial charge < -0.3 is 9.47 Å². The molecule has 0 unspecified atom stereocenters. The highest BCUT2D eigenvalue weighted by molar-refractivity contribution is 7.80. The van der Waals surface area contributed by atoms with Crippen molar-refractivity contribution in [1.29, 1.82) is 0 Å². The Hall–Kier alpha value is 0.620. The SMILES string of the molecule is CC(C)(CCCS)OCCC(C)(C)OCCCS. The van der Waals surface area contributed by atoms with Crippen molar-refractivity contribution in [1.82, 2.24) is 0 Å². The molecule has 0 heterocycles.